The molecule has 1 fully saturated rings. The SMILES string of the molecule is CCC1CCCC(NC(=O)N[C@H](C(=O)O)[C@@H](C)CC)C1. The van der Waals surface area contributed by atoms with E-state index in [1.807, 2.05) is 13.8 Å². The van der Waals surface area contributed by atoms with Crippen molar-refractivity contribution < 1.29 is 14.7 Å². The standard InChI is InChI=1S/C15H28N2O3/c1-4-10(3)13(14(18)19)17-15(20)16-12-8-6-7-11(5-2)9-12/h10-13H,4-9H2,1-3H3,(H,18,19)(H2,16,17,20)/t10-,11?,12?,13-/m0/s1. The van der Waals surface area contributed by atoms with Gasteiger partial charge in [0.25, 0.3) is 0 Å². The zero-order chi connectivity index (χ0) is 15.1. The lowest BCUT2D eigenvalue weighted by atomic mass is 9.84. The molecule has 0 aromatic heterocycles. The second-order valence-electron chi connectivity index (χ2n) is 5.96. The van der Waals surface area contributed by atoms with Crippen molar-refractivity contribution in [1.82, 2.24) is 10.6 Å². The monoisotopic (exact) mass is 284 g/mol. The minimum Gasteiger partial charge on any atom is -0.480 e. The second kappa shape index (κ2) is 8.12. The van der Waals surface area contributed by atoms with Crippen LogP contribution in [0.2, 0.25) is 0 Å². The van der Waals surface area contributed by atoms with E-state index in [2.05, 4.69) is 17.6 Å². The zero-order valence-corrected chi connectivity index (χ0v) is 12.8. The molecule has 1 aliphatic rings. The van der Waals surface area contributed by atoms with Crippen LogP contribution in [0.3, 0.4) is 0 Å². The summed E-state index contributed by atoms with van der Waals surface area (Å²) >= 11 is 0. The average Bonchev–Trinajstić information content (AvgIpc) is 2.43. The number of carbonyl (C=O) groups excluding carboxylic acids is 1. The molecule has 0 radical (unpaired) electrons. The minimum atomic E-state index is -0.968. The lowest BCUT2D eigenvalue weighted by molar-refractivity contribution is -0.140. The first-order chi connectivity index (χ1) is 9.47. The molecule has 2 amide bonds. The van der Waals surface area contributed by atoms with E-state index in [1.54, 1.807) is 0 Å². The van der Waals surface area contributed by atoms with Crippen molar-refractivity contribution in [3.8, 4) is 0 Å². The number of aliphatic carboxylic acids is 1. The van der Waals surface area contributed by atoms with E-state index in [1.165, 1.54) is 6.42 Å². The van der Waals surface area contributed by atoms with E-state index in [0.717, 1.165) is 32.1 Å². The van der Waals surface area contributed by atoms with Gasteiger partial charge >= 0.3 is 12.0 Å². The van der Waals surface area contributed by atoms with Crippen LogP contribution in [0, 0.1) is 11.8 Å². The summed E-state index contributed by atoms with van der Waals surface area (Å²) < 4.78 is 0. The number of amides is 2. The van der Waals surface area contributed by atoms with Crippen LogP contribution in [0.4, 0.5) is 4.79 Å². The average molecular weight is 284 g/mol. The summed E-state index contributed by atoms with van der Waals surface area (Å²) in [5.74, 6) is -0.364. The number of nitrogens with one attached hydrogen (secondary N) is 2. The predicted octanol–water partition coefficient (Wildman–Crippen LogP) is 2.75. The molecule has 0 spiro atoms. The summed E-state index contributed by atoms with van der Waals surface area (Å²) in [6, 6.07) is -0.981. The highest BCUT2D eigenvalue weighted by Crippen LogP contribution is 2.26. The Morgan fingerprint density at radius 3 is 2.55 bits per heavy atom. The van der Waals surface area contributed by atoms with Gasteiger partial charge in [-0.15, -0.1) is 0 Å². The van der Waals surface area contributed by atoms with Crippen molar-refractivity contribution in [2.24, 2.45) is 11.8 Å². The van der Waals surface area contributed by atoms with Gasteiger partial charge in [0.15, 0.2) is 0 Å². The molecule has 0 aliphatic heterocycles. The molecular formula is C15H28N2O3. The highest BCUT2D eigenvalue weighted by Gasteiger charge is 2.27. The minimum absolute atomic E-state index is 0.0759. The van der Waals surface area contributed by atoms with Gasteiger partial charge in [0.2, 0.25) is 0 Å². The molecule has 4 atom stereocenters. The van der Waals surface area contributed by atoms with E-state index < -0.39 is 12.0 Å². The van der Waals surface area contributed by atoms with Crippen LogP contribution in [-0.2, 0) is 4.79 Å². The zero-order valence-electron chi connectivity index (χ0n) is 12.8. The summed E-state index contributed by atoms with van der Waals surface area (Å²) in [7, 11) is 0. The molecule has 5 heteroatoms. The Balaban J connectivity index is 2.47. The highest BCUT2D eigenvalue weighted by molar-refractivity contribution is 5.82. The number of carboxylic acids is 1. The van der Waals surface area contributed by atoms with E-state index in [-0.39, 0.29) is 18.0 Å². The van der Waals surface area contributed by atoms with Gasteiger partial charge in [-0.05, 0) is 24.7 Å². The van der Waals surface area contributed by atoms with Gasteiger partial charge in [0.05, 0.1) is 0 Å². The summed E-state index contributed by atoms with van der Waals surface area (Å²) in [5.41, 5.74) is 0. The van der Waals surface area contributed by atoms with Gasteiger partial charge in [-0.2, -0.15) is 0 Å². The quantitative estimate of drug-likeness (QED) is 0.701. The fraction of sp³-hybridized carbons (Fsp3) is 0.867. The molecule has 5 nitrogen and oxygen atoms in total. The largest absolute Gasteiger partial charge is 0.480 e. The molecule has 116 valence electrons. The van der Waals surface area contributed by atoms with Crippen molar-refractivity contribution in [2.45, 2.75) is 71.4 Å². The van der Waals surface area contributed by atoms with Crippen molar-refractivity contribution >= 4 is 12.0 Å². The fourth-order valence-corrected chi connectivity index (χ4v) is 2.84. The number of rotatable bonds is 6. The third-order valence-electron chi connectivity index (χ3n) is 4.46. The van der Waals surface area contributed by atoms with Crippen molar-refractivity contribution in [3.05, 3.63) is 0 Å². The third kappa shape index (κ3) is 5.02. The lowest BCUT2D eigenvalue weighted by Crippen LogP contribution is -2.52. The molecule has 2 unspecified atom stereocenters. The first kappa shape index (κ1) is 16.8. The van der Waals surface area contributed by atoms with Crippen LogP contribution >= 0.6 is 0 Å². The Hall–Kier alpha value is -1.26. The number of hydrogen-bond donors (Lipinski definition) is 3. The third-order valence-corrected chi connectivity index (χ3v) is 4.46. The van der Waals surface area contributed by atoms with E-state index >= 15 is 0 Å². The molecule has 1 rings (SSSR count). The van der Waals surface area contributed by atoms with Gasteiger partial charge in [-0.25, -0.2) is 9.59 Å². The van der Waals surface area contributed by atoms with E-state index in [0.29, 0.717) is 5.92 Å². The van der Waals surface area contributed by atoms with Crippen LogP contribution in [0.1, 0.15) is 59.3 Å². The number of carboxylic acid groups (broad SMARTS) is 1. The normalized spacial score (nSPS) is 25.6. The van der Waals surface area contributed by atoms with Gasteiger partial charge < -0.3 is 15.7 Å². The smallest absolute Gasteiger partial charge is 0.326 e. The topological polar surface area (TPSA) is 78.4 Å². The lowest BCUT2D eigenvalue weighted by Gasteiger charge is -2.30. The number of urea groups is 1. The molecule has 3 N–H and O–H groups in total. The Morgan fingerprint density at radius 2 is 2.00 bits per heavy atom. The van der Waals surface area contributed by atoms with Gasteiger partial charge in [-0.1, -0.05) is 46.5 Å². The molecule has 0 saturated heterocycles. The van der Waals surface area contributed by atoms with Gasteiger partial charge in [-0.3, -0.25) is 0 Å². The summed E-state index contributed by atoms with van der Waals surface area (Å²) in [6.07, 6.45) is 6.23. The first-order valence-corrected chi connectivity index (χ1v) is 7.77. The second-order valence-corrected chi connectivity index (χ2v) is 5.96. The Bertz CT molecular complexity index is 333. The van der Waals surface area contributed by atoms with Crippen molar-refractivity contribution in [2.75, 3.05) is 0 Å². The summed E-state index contributed by atoms with van der Waals surface area (Å²) in [6.45, 7) is 5.94. The molecule has 0 aromatic rings. The molecule has 1 saturated carbocycles. The van der Waals surface area contributed by atoms with Crippen LogP contribution < -0.4 is 10.6 Å². The van der Waals surface area contributed by atoms with Crippen LogP contribution in [-0.4, -0.2) is 29.2 Å². The Labute approximate surface area is 121 Å². The molecule has 0 aromatic carbocycles. The number of carbonyl (C=O) groups is 2. The highest BCUT2D eigenvalue weighted by atomic mass is 16.4. The molecule has 0 heterocycles. The first-order valence-electron chi connectivity index (χ1n) is 7.77. The maximum absolute atomic E-state index is 12.0. The van der Waals surface area contributed by atoms with Crippen molar-refractivity contribution in [1.29, 1.82) is 0 Å². The summed E-state index contributed by atoms with van der Waals surface area (Å²) in [5, 5.41) is 14.7. The fourth-order valence-electron chi connectivity index (χ4n) is 2.84. The Kier molecular flexibility index (Phi) is 6.82. The van der Waals surface area contributed by atoms with Crippen molar-refractivity contribution in [3.63, 3.8) is 0 Å². The van der Waals surface area contributed by atoms with E-state index in [4.69, 9.17) is 5.11 Å². The van der Waals surface area contributed by atoms with Gasteiger partial charge in [0, 0.05) is 6.04 Å². The molecule has 20 heavy (non-hydrogen) atoms. The maximum atomic E-state index is 12.0. The van der Waals surface area contributed by atoms with Crippen LogP contribution in [0.15, 0.2) is 0 Å². The summed E-state index contributed by atoms with van der Waals surface area (Å²) in [4.78, 5) is 23.1. The van der Waals surface area contributed by atoms with Crippen LogP contribution in [0.25, 0.3) is 0 Å². The maximum Gasteiger partial charge on any atom is 0.326 e. The Morgan fingerprint density at radius 1 is 1.30 bits per heavy atom. The molecule has 1 aliphatic carbocycles. The van der Waals surface area contributed by atoms with E-state index in [9.17, 15) is 9.59 Å². The van der Waals surface area contributed by atoms with Crippen LogP contribution in [0.5, 0.6) is 0 Å². The molecule has 0 bridgehead atoms. The predicted molar refractivity (Wildman–Crippen MR) is 78.6 cm³/mol. The molecular weight excluding hydrogens is 256 g/mol. The van der Waals surface area contributed by atoms with Gasteiger partial charge in [0.1, 0.15) is 6.04 Å². The number of hydrogen-bond acceptors (Lipinski definition) is 2.